The fourth-order valence-electron chi connectivity index (χ4n) is 2.40. The van der Waals surface area contributed by atoms with E-state index in [0.717, 1.165) is 13.0 Å². The van der Waals surface area contributed by atoms with Gasteiger partial charge in [-0.1, -0.05) is 23.4 Å². The Kier molecular flexibility index (Phi) is 3.80. The lowest BCUT2D eigenvalue weighted by atomic mass is 10.1. The second-order valence-corrected chi connectivity index (χ2v) is 5.93. The van der Waals surface area contributed by atoms with Gasteiger partial charge in [0.1, 0.15) is 0 Å². The Balaban J connectivity index is 1.69. The van der Waals surface area contributed by atoms with Crippen molar-refractivity contribution in [3.05, 3.63) is 46.9 Å². The maximum Gasteiger partial charge on any atom is 0.227 e. The minimum absolute atomic E-state index is 0.329. The number of fused-ring (bicyclic) bond motifs is 1. The first kappa shape index (κ1) is 13.3. The molecule has 0 aliphatic rings. The molecule has 1 unspecified atom stereocenters. The van der Waals surface area contributed by atoms with Gasteiger partial charge in [0.05, 0.1) is 0 Å². The van der Waals surface area contributed by atoms with Gasteiger partial charge in [-0.05, 0) is 30.9 Å². The van der Waals surface area contributed by atoms with Gasteiger partial charge in [-0.3, -0.25) is 0 Å². The Morgan fingerprint density at radius 2 is 2.20 bits per heavy atom. The lowest BCUT2D eigenvalue weighted by Gasteiger charge is -2.12. The van der Waals surface area contributed by atoms with E-state index in [2.05, 4.69) is 53.6 Å². The predicted octanol–water partition coefficient (Wildman–Crippen LogP) is 3.49. The Labute approximate surface area is 121 Å². The minimum atomic E-state index is 0.329. The molecule has 0 amide bonds. The third-order valence-corrected chi connectivity index (χ3v) is 4.93. The van der Waals surface area contributed by atoms with Gasteiger partial charge in [0, 0.05) is 28.6 Å². The minimum Gasteiger partial charge on any atom is -0.340 e. The number of hydrogen-bond acceptors (Lipinski definition) is 5. The van der Waals surface area contributed by atoms with Crippen LogP contribution >= 0.6 is 11.3 Å². The summed E-state index contributed by atoms with van der Waals surface area (Å²) in [7, 11) is 0. The summed E-state index contributed by atoms with van der Waals surface area (Å²) in [6, 6.07) is 8.89. The van der Waals surface area contributed by atoms with Gasteiger partial charge in [0.25, 0.3) is 0 Å². The van der Waals surface area contributed by atoms with Crippen LogP contribution in [0.4, 0.5) is 0 Å². The van der Waals surface area contributed by atoms with Crippen molar-refractivity contribution >= 4 is 21.4 Å². The average Bonchev–Trinajstić information content (AvgIpc) is 3.08. The summed E-state index contributed by atoms with van der Waals surface area (Å²) >= 11 is 1.87. The first-order valence-electron chi connectivity index (χ1n) is 6.72. The zero-order chi connectivity index (χ0) is 13.9. The van der Waals surface area contributed by atoms with Crippen molar-refractivity contribution < 1.29 is 4.52 Å². The van der Waals surface area contributed by atoms with Crippen molar-refractivity contribution in [2.75, 3.05) is 6.54 Å². The van der Waals surface area contributed by atoms with Crippen LogP contribution < -0.4 is 5.32 Å². The lowest BCUT2D eigenvalue weighted by molar-refractivity contribution is 0.372. The van der Waals surface area contributed by atoms with Gasteiger partial charge in [-0.2, -0.15) is 4.98 Å². The molecule has 4 nitrogen and oxygen atoms in total. The van der Waals surface area contributed by atoms with E-state index in [1.54, 1.807) is 0 Å². The van der Waals surface area contributed by atoms with Gasteiger partial charge in [0.2, 0.25) is 5.89 Å². The fourth-order valence-corrected chi connectivity index (χ4v) is 3.64. The van der Waals surface area contributed by atoms with E-state index in [-0.39, 0.29) is 0 Å². The number of benzene rings is 1. The highest BCUT2D eigenvalue weighted by Crippen LogP contribution is 2.34. The van der Waals surface area contributed by atoms with Crippen LogP contribution in [-0.2, 0) is 6.42 Å². The SMILES string of the molecule is Cc1c(C(C)NCCc2ncno2)sc2ccccc12. The number of aromatic nitrogens is 2. The van der Waals surface area contributed by atoms with E-state index >= 15 is 0 Å². The first-order valence-corrected chi connectivity index (χ1v) is 7.54. The highest BCUT2D eigenvalue weighted by molar-refractivity contribution is 7.19. The normalized spacial score (nSPS) is 12.9. The molecule has 3 rings (SSSR count). The van der Waals surface area contributed by atoms with Crippen LogP contribution in [0.3, 0.4) is 0 Å². The molecule has 104 valence electrons. The van der Waals surface area contributed by atoms with Crippen molar-refractivity contribution in [2.45, 2.75) is 26.3 Å². The predicted molar refractivity (Wildman–Crippen MR) is 81.0 cm³/mol. The molecule has 0 saturated carbocycles. The molecule has 1 atom stereocenters. The molecule has 1 N–H and O–H groups in total. The summed E-state index contributed by atoms with van der Waals surface area (Å²) in [6.07, 6.45) is 2.20. The van der Waals surface area contributed by atoms with Crippen LogP contribution in [0.1, 0.15) is 29.3 Å². The number of nitrogens with zero attached hydrogens (tertiary/aromatic N) is 2. The van der Waals surface area contributed by atoms with Crippen molar-refractivity contribution in [1.29, 1.82) is 0 Å². The van der Waals surface area contributed by atoms with Gasteiger partial charge >= 0.3 is 0 Å². The largest absolute Gasteiger partial charge is 0.340 e. The number of nitrogens with one attached hydrogen (secondary N) is 1. The zero-order valence-electron chi connectivity index (χ0n) is 11.6. The molecule has 0 saturated heterocycles. The Hall–Kier alpha value is -1.72. The lowest BCUT2D eigenvalue weighted by Crippen LogP contribution is -2.21. The topological polar surface area (TPSA) is 51.0 Å². The molecule has 0 radical (unpaired) electrons. The first-order chi connectivity index (χ1) is 9.75. The fraction of sp³-hybridized carbons (Fsp3) is 0.333. The molecule has 0 aliphatic carbocycles. The third kappa shape index (κ3) is 2.59. The summed E-state index contributed by atoms with van der Waals surface area (Å²) in [5, 5.41) is 8.49. The Morgan fingerprint density at radius 3 is 2.95 bits per heavy atom. The molecule has 0 bridgehead atoms. The highest BCUT2D eigenvalue weighted by Gasteiger charge is 2.14. The van der Waals surface area contributed by atoms with Crippen LogP contribution in [-0.4, -0.2) is 16.7 Å². The Morgan fingerprint density at radius 1 is 1.35 bits per heavy atom. The summed E-state index contributed by atoms with van der Waals surface area (Å²) in [4.78, 5) is 5.42. The number of aryl methyl sites for hydroxylation is 1. The molecular formula is C15H17N3OS. The number of hydrogen-bond donors (Lipinski definition) is 1. The monoisotopic (exact) mass is 287 g/mol. The van der Waals surface area contributed by atoms with Gasteiger partial charge in [-0.25, -0.2) is 0 Å². The molecule has 5 heteroatoms. The zero-order valence-corrected chi connectivity index (χ0v) is 12.4. The molecule has 20 heavy (non-hydrogen) atoms. The van der Waals surface area contributed by atoms with Crippen LogP contribution in [0.5, 0.6) is 0 Å². The Bertz CT molecular complexity index is 690. The number of thiophene rings is 1. The molecule has 1 aromatic carbocycles. The molecule has 3 aromatic rings. The molecule has 0 aliphatic heterocycles. The van der Waals surface area contributed by atoms with Crippen molar-refractivity contribution in [2.24, 2.45) is 0 Å². The van der Waals surface area contributed by atoms with E-state index in [1.807, 2.05) is 11.3 Å². The maximum atomic E-state index is 4.99. The summed E-state index contributed by atoms with van der Waals surface area (Å²) in [6.45, 7) is 5.23. The van der Waals surface area contributed by atoms with E-state index in [9.17, 15) is 0 Å². The third-order valence-electron chi connectivity index (χ3n) is 3.47. The molecule has 0 fully saturated rings. The maximum absolute atomic E-state index is 4.99. The molecule has 2 aromatic heterocycles. The van der Waals surface area contributed by atoms with Crippen LogP contribution in [0.25, 0.3) is 10.1 Å². The summed E-state index contributed by atoms with van der Waals surface area (Å²) in [5.74, 6) is 0.678. The van der Waals surface area contributed by atoms with Crippen molar-refractivity contribution in [1.82, 2.24) is 15.5 Å². The molecule has 2 heterocycles. The standard InChI is InChI=1S/C15H17N3OS/c1-10-12-5-3-4-6-13(12)20-15(10)11(2)16-8-7-14-17-9-18-19-14/h3-6,9,11,16H,7-8H2,1-2H3. The van der Waals surface area contributed by atoms with Crippen LogP contribution in [0.2, 0.25) is 0 Å². The summed E-state index contributed by atoms with van der Waals surface area (Å²) < 4.78 is 6.35. The molecular weight excluding hydrogens is 270 g/mol. The van der Waals surface area contributed by atoms with Crippen LogP contribution in [0.15, 0.2) is 35.1 Å². The quantitative estimate of drug-likeness (QED) is 0.780. The summed E-state index contributed by atoms with van der Waals surface area (Å²) in [5.41, 5.74) is 1.38. The van der Waals surface area contributed by atoms with Crippen LogP contribution in [0, 0.1) is 6.92 Å². The van der Waals surface area contributed by atoms with E-state index in [0.29, 0.717) is 11.9 Å². The van der Waals surface area contributed by atoms with E-state index in [4.69, 9.17) is 4.52 Å². The second-order valence-electron chi connectivity index (χ2n) is 4.85. The highest BCUT2D eigenvalue weighted by atomic mass is 32.1. The van der Waals surface area contributed by atoms with Gasteiger partial charge in [0.15, 0.2) is 6.33 Å². The van der Waals surface area contributed by atoms with Crippen molar-refractivity contribution in [3.8, 4) is 0 Å². The van der Waals surface area contributed by atoms with Gasteiger partial charge in [-0.15, -0.1) is 11.3 Å². The smallest absolute Gasteiger partial charge is 0.227 e. The second kappa shape index (κ2) is 5.73. The average molecular weight is 287 g/mol. The van der Waals surface area contributed by atoms with Crippen molar-refractivity contribution in [3.63, 3.8) is 0 Å². The van der Waals surface area contributed by atoms with E-state index < -0.39 is 0 Å². The molecule has 0 spiro atoms. The van der Waals surface area contributed by atoms with Gasteiger partial charge < -0.3 is 9.84 Å². The van der Waals surface area contributed by atoms with E-state index in [1.165, 1.54) is 26.9 Å². The number of rotatable bonds is 5.